The van der Waals surface area contributed by atoms with Gasteiger partial charge in [0.05, 0.1) is 23.7 Å². The quantitative estimate of drug-likeness (QED) is 0.746. The molecule has 24 heavy (non-hydrogen) atoms. The molecule has 1 aromatic carbocycles. The molecule has 0 saturated heterocycles. The summed E-state index contributed by atoms with van der Waals surface area (Å²) in [5, 5.41) is 4.35. The number of aromatic nitrogens is 3. The van der Waals surface area contributed by atoms with E-state index in [1.807, 2.05) is 44.2 Å². The topological polar surface area (TPSA) is 59.9 Å². The summed E-state index contributed by atoms with van der Waals surface area (Å²) in [6.45, 7) is 6.09. The molecule has 3 aromatic rings. The average Bonchev–Trinajstić information content (AvgIpc) is 2.97. The summed E-state index contributed by atoms with van der Waals surface area (Å²) >= 11 is 1.69. The second-order valence-corrected chi connectivity index (χ2v) is 6.62. The number of rotatable bonds is 5. The molecule has 0 aliphatic heterocycles. The SMILES string of the molecule is COc1ccc(-c2nc(C)c(C(C)Nc3nccc(C)n3)s2)cc1. The highest BCUT2D eigenvalue weighted by Crippen LogP contribution is 2.33. The first kappa shape index (κ1) is 16.4. The van der Waals surface area contributed by atoms with Crippen LogP contribution in [0.4, 0.5) is 5.95 Å². The molecule has 0 radical (unpaired) electrons. The van der Waals surface area contributed by atoms with Gasteiger partial charge in [0, 0.05) is 17.5 Å². The zero-order valence-corrected chi connectivity index (χ0v) is 15.0. The van der Waals surface area contributed by atoms with Gasteiger partial charge in [0.1, 0.15) is 10.8 Å². The predicted molar refractivity (Wildman–Crippen MR) is 97.6 cm³/mol. The van der Waals surface area contributed by atoms with E-state index in [9.17, 15) is 0 Å². The molecule has 124 valence electrons. The minimum absolute atomic E-state index is 0.0938. The molecular formula is C18H20N4OS. The minimum Gasteiger partial charge on any atom is -0.497 e. The van der Waals surface area contributed by atoms with Crippen LogP contribution in [0.25, 0.3) is 10.6 Å². The number of methoxy groups -OCH3 is 1. The number of anilines is 1. The Morgan fingerprint density at radius 3 is 2.50 bits per heavy atom. The van der Waals surface area contributed by atoms with Crippen molar-refractivity contribution in [2.24, 2.45) is 0 Å². The van der Waals surface area contributed by atoms with Crippen molar-refractivity contribution in [1.82, 2.24) is 15.0 Å². The Labute approximate surface area is 145 Å². The third kappa shape index (κ3) is 3.54. The van der Waals surface area contributed by atoms with E-state index < -0.39 is 0 Å². The molecule has 0 fully saturated rings. The van der Waals surface area contributed by atoms with Crippen molar-refractivity contribution in [3.05, 3.63) is 52.8 Å². The second-order valence-electron chi connectivity index (χ2n) is 5.58. The van der Waals surface area contributed by atoms with Crippen LogP contribution in [0, 0.1) is 13.8 Å². The smallest absolute Gasteiger partial charge is 0.223 e. The van der Waals surface area contributed by atoms with Crippen LogP contribution in [0.5, 0.6) is 5.75 Å². The van der Waals surface area contributed by atoms with Crippen LogP contribution in [0.1, 0.15) is 29.2 Å². The Morgan fingerprint density at radius 1 is 1.08 bits per heavy atom. The Kier molecular flexibility index (Phi) is 4.76. The van der Waals surface area contributed by atoms with E-state index in [1.165, 1.54) is 4.88 Å². The Bertz CT molecular complexity index is 829. The van der Waals surface area contributed by atoms with Crippen molar-refractivity contribution in [1.29, 1.82) is 0 Å². The van der Waals surface area contributed by atoms with Gasteiger partial charge < -0.3 is 10.1 Å². The third-order valence-corrected chi connectivity index (χ3v) is 5.09. The summed E-state index contributed by atoms with van der Waals surface area (Å²) in [7, 11) is 1.67. The van der Waals surface area contributed by atoms with Crippen LogP contribution in [0.3, 0.4) is 0 Å². The Morgan fingerprint density at radius 2 is 1.83 bits per heavy atom. The van der Waals surface area contributed by atoms with Gasteiger partial charge >= 0.3 is 0 Å². The summed E-state index contributed by atoms with van der Waals surface area (Å²) in [4.78, 5) is 14.6. The monoisotopic (exact) mass is 340 g/mol. The van der Waals surface area contributed by atoms with Crippen LogP contribution in [0.2, 0.25) is 0 Å². The number of aryl methyl sites for hydroxylation is 2. The fourth-order valence-corrected chi connectivity index (χ4v) is 3.52. The average molecular weight is 340 g/mol. The van der Waals surface area contributed by atoms with E-state index in [1.54, 1.807) is 24.6 Å². The molecule has 2 heterocycles. The highest BCUT2D eigenvalue weighted by atomic mass is 32.1. The normalized spacial score (nSPS) is 12.0. The largest absolute Gasteiger partial charge is 0.497 e. The third-order valence-electron chi connectivity index (χ3n) is 3.70. The molecule has 3 rings (SSSR count). The molecule has 0 amide bonds. The van der Waals surface area contributed by atoms with Gasteiger partial charge in [-0.2, -0.15) is 0 Å². The van der Waals surface area contributed by atoms with Gasteiger partial charge in [-0.3, -0.25) is 0 Å². The van der Waals surface area contributed by atoms with Gasteiger partial charge in [0.2, 0.25) is 5.95 Å². The lowest BCUT2D eigenvalue weighted by Gasteiger charge is -2.12. The first-order valence-corrected chi connectivity index (χ1v) is 8.56. The van der Waals surface area contributed by atoms with Crippen LogP contribution in [-0.2, 0) is 0 Å². The van der Waals surface area contributed by atoms with E-state index in [2.05, 4.69) is 22.2 Å². The molecule has 0 aliphatic carbocycles. The van der Waals surface area contributed by atoms with Crippen molar-refractivity contribution < 1.29 is 4.74 Å². The molecular weight excluding hydrogens is 320 g/mol. The van der Waals surface area contributed by atoms with Crippen molar-refractivity contribution >= 4 is 17.3 Å². The van der Waals surface area contributed by atoms with Gasteiger partial charge in [0.15, 0.2) is 0 Å². The Balaban J connectivity index is 1.82. The van der Waals surface area contributed by atoms with Crippen molar-refractivity contribution in [2.45, 2.75) is 26.8 Å². The summed E-state index contributed by atoms with van der Waals surface area (Å²) in [6.07, 6.45) is 1.76. The zero-order chi connectivity index (χ0) is 17.1. The first-order valence-electron chi connectivity index (χ1n) is 7.74. The summed E-state index contributed by atoms with van der Waals surface area (Å²) in [6, 6.07) is 9.94. The maximum absolute atomic E-state index is 5.21. The number of hydrogen-bond acceptors (Lipinski definition) is 6. The van der Waals surface area contributed by atoms with Gasteiger partial charge in [-0.25, -0.2) is 15.0 Å². The van der Waals surface area contributed by atoms with E-state index in [0.717, 1.165) is 27.7 Å². The molecule has 0 bridgehead atoms. The lowest BCUT2D eigenvalue weighted by Crippen LogP contribution is -2.09. The fourth-order valence-electron chi connectivity index (χ4n) is 2.44. The molecule has 5 nitrogen and oxygen atoms in total. The number of hydrogen-bond donors (Lipinski definition) is 1. The van der Waals surface area contributed by atoms with Crippen molar-refractivity contribution in [3.8, 4) is 16.3 Å². The standard InChI is InChI=1S/C18H20N4OS/c1-11-9-10-19-18(20-11)22-13(3)16-12(2)21-17(24-16)14-5-7-15(23-4)8-6-14/h5-10,13H,1-4H3,(H,19,20,22). The molecule has 1 atom stereocenters. The highest BCUT2D eigenvalue weighted by molar-refractivity contribution is 7.15. The maximum Gasteiger partial charge on any atom is 0.223 e. The zero-order valence-electron chi connectivity index (χ0n) is 14.2. The lowest BCUT2D eigenvalue weighted by molar-refractivity contribution is 0.415. The van der Waals surface area contributed by atoms with Crippen LogP contribution in [-0.4, -0.2) is 22.1 Å². The second kappa shape index (κ2) is 6.97. The summed E-state index contributed by atoms with van der Waals surface area (Å²) in [5.41, 5.74) is 3.06. The summed E-state index contributed by atoms with van der Waals surface area (Å²) < 4.78 is 5.21. The molecule has 0 saturated carbocycles. The number of benzene rings is 1. The van der Waals surface area contributed by atoms with Crippen molar-refractivity contribution in [2.75, 3.05) is 12.4 Å². The molecule has 2 aromatic heterocycles. The van der Waals surface area contributed by atoms with Crippen LogP contribution in [0.15, 0.2) is 36.5 Å². The molecule has 6 heteroatoms. The van der Waals surface area contributed by atoms with Gasteiger partial charge in [-0.05, 0) is 51.1 Å². The van der Waals surface area contributed by atoms with E-state index in [0.29, 0.717) is 5.95 Å². The minimum atomic E-state index is 0.0938. The lowest BCUT2D eigenvalue weighted by atomic mass is 10.2. The molecule has 0 spiro atoms. The number of nitrogens with one attached hydrogen (secondary N) is 1. The number of ether oxygens (including phenoxy) is 1. The fraction of sp³-hybridized carbons (Fsp3) is 0.278. The van der Waals surface area contributed by atoms with Crippen molar-refractivity contribution in [3.63, 3.8) is 0 Å². The van der Waals surface area contributed by atoms with Gasteiger partial charge in [0.25, 0.3) is 0 Å². The van der Waals surface area contributed by atoms with E-state index in [4.69, 9.17) is 9.72 Å². The van der Waals surface area contributed by atoms with E-state index >= 15 is 0 Å². The molecule has 1 N–H and O–H groups in total. The first-order chi connectivity index (χ1) is 11.6. The Hall–Kier alpha value is -2.47. The predicted octanol–water partition coefficient (Wildman–Crippen LogP) is 4.40. The molecule has 1 unspecified atom stereocenters. The molecule has 0 aliphatic rings. The van der Waals surface area contributed by atoms with Crippen LogP contribution >= 0.6 is 11.3 Å². The van der Waals surface area contributed by atoms with Crippen LogP contribution < -0.4 is 10.1 Å². The van der Waals surface area contributed by atoms with Gasteiger partial charge in [-0.1, -0.05) is 0 Å². The highest BCUT2D eigenvalue weighted by Gasteiger charge is 2.16. The summed E-state index contributed by atoms with van der Waals surface area (Å²) in [5.74, 6) is 1.49. The van der Waals surface area contributed by atoms with E-state index in [-0.39, 0.29) is 6.04 Å². The number of nitrogens with zero attached hydrogens (tertiary/aromatic N) is 3. The number of thiazole rings is 1. The maximum atomic E-state index is 5.21. The van der Waals surface area contributed by atoms with Gasteiger partial charge in [-0.15, -0.1) is 11.3 Å².